The van der Waals surface area contributed by atoms with Gasteiger partial charge in [0.15, 0.2) is 0 Å². The van der Waals surface area contributed by atoms with Gasteiger partial charge in [-0.25, -0.2) is 0 Å². The number of hydrogen-bond acceptors (Lipinski definition) is 4. The van der Waals surface area contributed by atoms with Gasteiger partial charge in [0.05, 0.1) is 6.61 Å². The maximum Gasteiger partial charge on any atom is 0.305 e. The minimum absolute atomic E-state index is 0.157. The first-order valence-electron chi connectivity index (χ1n) is 4.11. The molecular formula is C7H13FO4S. The van der Waals surface area contributed by atoms with Crippen LogP contribution in [0.5, 0.6) is 0 Å². The van der Waals surface area contributed by atoms with Crippen molar-refractivity contribution < 1.29 is 21.8 Å². The molecule has 13 heavy (non-hydrogen) atoms. The summed E-state index contributed by atoms with van der Waals surface area (Å²) in [5, 5.41) is 0. The molecule has 1 aliphatic rings. The Morgan fingerprint density at radius 2 is 2.31 bits per heavy atom. The molecule has 0 spiro atoms. The number of rotatable bonds is 4. The standard InChI is InChI=1S/C7H13FO4S/c1-2-12-7(3-4-11-5-7)6-13(8,9)10/h2-6H2,1H3. The average molecular weight is 212 g/mol. The molecule has 0 aromatic rings. The van der Waals surface area contributed by atoms with E-state index in [0.29, 0.717) is 19.6 Å². The van der Waals surface area contributed by atoms with Gasteiger partial charge >= 0.3 is 10.2 Å². The van der Waals surface area contributed by atoms with E-state index in [0.717, 1.165) is 0 Å². The van der Waals surface area contributed by atoms with Crippen molar-refractivity contribution in [2.24, 2.45) is 0 Å². The van der Waals surface area contributed by atoms with Gasteiger partial charge in [-0.15, -0.1) is 3.89 Å². The van der Waals surface area contributed by atoms with Crippen molar-refractivity contribution in [1.82, 2.24) is 0 Å². The molecule has 0 bridgehead atoms. The molecule has 0 N–H and O–H groups in total. The predicted octanol–water partition coefficient (Wildman–Crippen LogP) is 0.481. The highest BCUT2D eigenvalue weighted by atomic mass is 32.3. The third-order valence-corrected chi connectivity index (χ3v) is 2.82. The van der Waals surface area contributed by atoms with Gasteiger partial charge in [0, 0.05) is 19.6 Å². The second kappa shape index (κ2) is 3.89. The molecule has 0 aliphatic carbocycles. The summed E-state index contributed by atoms with van der Waals surface area (Å²) in [7, 11) is -4.49. The van der Waals surface area contributed by atoms with Crippen LogP contribution in [-0.4, -0.2) is 39.6 Å². The Morgan fingerprint density at radius 1 is 1.62 bits per heavy atom. The summed E-state index contributed by atoms with van der Waals surface area (Å²) in [6, 6.07) is 0. The Labute approximate surface area is 77.2 Å². The second-order valence-electron chi connectivity index (χ2n) is 3.10. The Bertz CT molecular complexity index is 256. The zero-order valence-corrected chi connectivity index (χ0v) is 8.27. The van der Waals surface area contributed by atoms with Gasteiger partial charge in [0.1, 0.15) is 11.4 Å². The lowest BCUT2D eigenvalue weighted by molar-refractivity contribution is -0.0271. The Hall–Kier alpha value is -0.200. The van der Waals surface area contributed by atoms with Crippen LogP contribution in [0.3, 0.4) is 0 Å². The fourth-order valence-electron chi connectivity index (χ4n) is 1.48. The van der Waals surface area contributed by atoms with Gasteiger partial charge in [0.2, 0.25) is 0 Å². The molecule has 4 nitrogen and oxygen atoms in total. The summed E-state index contributed by atoms with van der Waals surface area (Å²) >= 11 is 0. The van der Waals surface area contributed by atoms with Crippen LogP contribution in [-0.2, 0) is 19.7 Å². The number of halogens is 1. The van der Waals surface area contributed by atoms with Gasteiger partial charge < -0.3 is 9.47 Å². The summed E-state index contributed by atoms with van der Waals surface area (Å²) in [4.78, 5) is 0. The van der Waals surface area contributed by atoms with E-state index in [1.165, 1.54) is 0 Å². The molecule has 0 aromatic heterocycles. The molecule has 1 heterocycles. The summed E-state index contributed by atoms with van der Waals surface area (Å²) in [5.74, 6) is -0.603. The Morgan fingerprint density at radius 3 is 2.69 bits per heavy atom. The van der Waals surface area contributed by atoms with Crippen LogP contribution in [0.15, 0.2) is 0 Å². The molecule has 6 heteroatoms. The highest BCUT2D eigenvalue weighted by molar-refractivity contribution is 7.86. The molecule has 1 aliphatic heterocycles. The topological polar surface area (TPSA) is 52.6 Å². The normalized spacial score (nSPS) is 29.4. The van der Waals surface area contributed by atoms with Crippen LogP contribution in [0.2, 0.25) is 0 Å². The van der Waals surface area contributed by atoms with E-state index in [4.69, 9.17) is 9.47 Å². The SMILES string of the molecule is CCOC1(CS(=O)(=O)F)CCOC1. The van der Waals surface area contributed by atoms with E-state index in [2.05, 4.69) is 0 Å². The van der Waals surface area contributed by atoms with Crippen LogP contribution in [0.1, 0.15) is 13.3 Å². The Balaban J connectivity index is 2.67. The highest BCUT2D eigenvalue weighted by Crippen LogP contribution is 2.25. The van der Waals surface area contributed by atoms with Crippen LogP contribution in [0, 0.1) is 0 Å². The average Bonchev–Trinajstić information content (AvgIpc) is 2.33. The monoisotopic (exact) mass is 212 g/mol. The largest absolute Gasteiger partial charge is 0.378 e. The first-order chi connectivity index (χ1) is 5.97. The summed E-state index contributed by atoms with van der Waals surface area (Å²) < 4.78 is 43.6. The van der Waals surface area contributed by atoms with E-state index in [9.17, 15) is 12.3 Å². The van der Waals surface area contributed by atoms with Crippen LogP contribution in [0.25, 0.3) is 0 Å². The maximum atomic E-state index is 12.4. The molecular weight excluding hydrogens is 199 g/mol. The van der Waals surface area contributed by atoms with Crippen molar-refractivity contribution in [2.75, 3.05) is 25.6 Å². The summed E-state index contributed by atoms with van der Waals surface area (Å²) in [6.07, 6.45) is 0.435. The maximum absolute atomic E-state index is 12.4. The molecule has 1 atom stereocenters. The van der Waals surface area contributed by atoms with Crippen molar-refractivity contribution in [2.45, 2.75) is 18.9 Å². The summed E-state index contributed by atoms with van der Waals surface area (Å²) in [5.41, 5.74) is -0.956. The van der Waals surface area contributed by atoms with Crippen LogP contribution in [0.4, 0.5) is 3.89 Å². The molecule has 1 saturated heterocycles. The van der Waals surface area contributed by atoms with E-state index in [-0.39, 0.29) is 6.61 Å². The van der Waals surface area contributed by atoms with Gasteiger partial charge in [-0.2, -0.15) is 8.42 Å². The zero-order valence-electron chi connectivity index (χ0n) is 7.45. The quantitative estimate of drug-likeness (QED) is 0.636. The molecule has 78 valence electrons. The van der Waals surface area contributed by atoms with E-state index >= 15 is 0 Å². The van der Waals surface area contributed by atoms with Crippen LogP contribution < -0.4 is 0 Å². The lowest BCUT2D eigenvalue weighted by Crippen LogP contribution is -2.39. The predicted molar refractivity (Wildman–Crippen MR) is 44.7 cm³/mol. The van der Waals surface area contributed by atoms with Crippen molar-refractivity contribution in [1.29, 1.82) is 0 Å². The molecule has 1 rings (SSSR count). The van der Waals surface area contributed by atoms with Gasteiger partial charge in [-0.05, 0) is 6.92 Å². The van der Waals surface area contributed by atoms with Gasteiger partial charge in [-0.1, -0.05) is 0 Å². The lowest BCUT2D eigenvalue weighted by Gasteiger charge is -2.24. The number of hydrogen-bond donors (Lipinski definition) is 0. The third kappa shape index (κ3) is 3.21. The third-order valence-electron chi connectivity index (χ3n) is 1.95. The van der Waals surface area contributed by atoms with Crippen molar-refractivity contribution in [3.63, 3.8) is 0 Å². The molecule has 1 fully saturated rings. The fraction of sp³-hybridized carbons (Fsp3) is 1.00. The molecule has 0 amide bonds. The number of ether oxygens (including phenoxy) is 2. The zero-order chi connectivity index (χ0) is 9.95. The van der Waals surface area contributed by atoms with Crippen molar-refractivity contribution >= 4 is 10.2 Å². The first-order valence-corrected chi connectivity index (χ1v) is 5.67. The highest BCUT2D eigenvalue weighted by Gasteiger charge is 2.40. The van der Waals surface area contributed by atoms with Gasteiger partial charge in [-0.3, -0.25) is 0 Å². The van der Waals surface area contributed by atoms with E-state index in [1.54, 1.807) is 6.92 Å². The molecule has 0 saturated carbocycles. The van der Waals surface area contributed by atoms with E-state index in [1.807, 2.05) is 0 Å². The minimum Gasteiger partial charge on any atom is -0.378 e. The lowest BCUT2D eigenvalue weighted by atomic mass is 10.1. The summed E-state index contributed by atoms with van der Waals surface area (Å²) in [6.45, 7) is 2.68. The van der Waals surface area contributed by atoms with Crippen molar-refractivity contribution in [3.8, 4) is 0 Å². The second-order valence-corrected chi connectivity index (χ2v) is 4.47. The Kier molecular flexibility index (Phi) is 3.26. The molecule has 0 radical (unpaired) electrons. The van der Waals surface area contributed by atoms with Crippen LogP contribution >= 0.6 is 0 Å². The van der Waals surface area contributed by atoms with E-state index < -0.39 is 21.6 Å². The molecule has 1 unspecified atom stereocenters. The van der Waals surface area contributed by atoms with Gasteiger partial charge in [0.25, 0.3) is 0 Å². The first kappa shape index (κ1) is 10.9. The molecule has 0 aromatic carbocycles. The van der Waals surface area contributed by atoms with Crippen molar-refractivity contribution in [3.05, 3.63) is 0 Å². The minimum atomic E-state index is -4.49. The smallest absolute Gasteiger partial charge is 0.305 e. The fourth-order valence-corrected chi connectivity index (χ4v) is 2.42.